The van der Waals surface area contributed by atoms with Crippen molar-refractivity contribution in [2.24, 2.45) is 0 Å². The quantitative estimate of drug-likeness (QED) is 0.335. The van der Waals surface area contributed by atoms with Crippen LogP contribution in [0.15, 0.2) is 41.3 Å². The fourth-order valence-corrected chi connectivity index (χ4v) is 3.97. The molecule has 0 saturated carbocycles. The van der Waals surface area contributed by atoms with E-state index in [1.54, 1.807) is 0 Å². The van der Waals surface area contributed by atoms with Gasteiger partial charge in [0.25, 0.3) is 0 Å². The Bertz CT molecular complexity index is 1170. The molecule has 1 fully saturated rings. The maximum atomic E-state index is 13.6. The molecule has 1 saturated heterocycles. The number of aromatic nitrogens is 4. The molecule has 33 heavy (non-hydrogen) atoms. The minimum Gasteiger partial charge on any atom is -0.394 e. The van der Waals surface area contributed by atoms with Gasteiger partial charge in [0.05, 0.1) is 12.8 Å². The van der Waals surface area contributed by atoms with Gasteiger partial charge in [-0.3, -0.25) is 9.78 Å². The van der Waals surface area contributed by atoms with Crippen molar-refractivity contribution >= 4 is 21.7 Å². The van der Waals surface area contributed by atoms with E-state index in [2.05, 4.69) is 31.2 Å². The molecule has 13 heteroatoms. The molecule has 1 aliphatic heterocycles. The Morgan fingerprint density at radius 1 is 1.12 bits per heavy atom. The highest BCUT2D eigenvalue weighted by molar-refractivity contribution is 9.10. The number of ether oxygens (including phenoxy) is 1. The highest BCUT2D eigenvalue weighted by Crippen LogP contribution is 2.33. The topological polar surface area (TPSA) is 131 Å². The van der Waals surface area contributed by atoms with Crippen molar-refractivity contribution in [3.05, 3.63) is 64.3 Å². The first-order valence-electron chi connectivity index (χ1n) is 9.55. The molecule has 174 valence electrons. The molecule has 3 heterocycles. The lowest BCUT2D eigenvalue weighted by Crippen LogP contribution is -2.58. The highest BCUT2D eigenvalue weighted by atomic mass is 79.9. The number of carbonyl (C=O) groups is 1. The Hall–Kier alpha value is -2.71. The zero-order valence-corrected chi connectivity index (χ0v) is 18.1. The van der Waals surface area contributed by atoms with E-state index in [1.807, 2.05) is 0 Å². The smallest absolute Gasteiger partial charge is 0.195 e. The molecule has 0 bridgehead atoms. The minimum absolute atomic E-state index is 0.0849. The number of ketones is 1. The molecule has 2 aromatic heterocycles. The predicted octanol–water partition coefficient (Wildman–Crippen LogP) is 1.43. The van der Waals surface area contributed by atoms with Crippen LogP contribution in [0.25, 0.3) is 11.3 Å². The molecule has 0 radical (unpaired) electrons. The van der Waals surface area contributed by atoms with Crippen molar-refractivity contribution < 1.29 is 38.0 Å². The van der Waals surface area contributed by atoms with Gasteiger partial charge >= 0.3 is 0 Å². The van der Waals surface area contributed by atoms with Crippen LogP contribution in [0.1, 0.15) is 16.4 Å². The third-order valence-electron chi connectivity index (χ3n) is 5.24. The van der Waals surface area contributed by atoms with Crippen molar-refractivity contribution in [3.8, 4) is 11.3 Å². The van der Waals surface area contributed by atoms with Crippen molar-refractivity contribution in [2.45, 2.75) is 30.5 Å². The summed E-state index contributed by atoms with van der Waals surface area (Å²) in [4.78, 5) is 16.9. The number of aliphatic hydroxyl groups is 3. The Balaban J connectivity index is 1.68. The summed E-state index contributed by atoms with van der Waals surface area (Å²) in [6.07, 6.45) is -2.05. The maximum absolute atomic E-state index is 13.6. The summed E-state index contributed by atoms with van der Waals surface area (Å²) < 4.78 is 47.4. The predicted molar refractivity (Wildman–Crippen MR) is 108 cm³/mol. The highest BCUT2D eigenvalue weighted by Gasteiger charge is 2.48. The number of Topliss-reactive ketones (excluding diaryl/α,β-unsaturated/α-hetero) is 1. The lowest BCUT2D eigenvalue weighted by atomic mass is 9.89. The second-order valence-electron chi connectivity index (χ2n) is 7.34. The molecule has 5 atom stereocenters. The van der Waals surface area contributed by atoms with Gasteiger partial charge in [0.2, 0.25) is 0 Å². The van der Waals surface area contributed by atoms with Gasteiger partial charge in [0, 0.05) is 28.0 Å². The second kappa shape index (κ2) is 9.27. The Labute approximate surface area is 192 Å². The van der Waals surface area contributed by atoms with Crippen LogP contribution in [-0.4, -0.2) is 72.1 Å². The molecule has 3 aromatic rings. The summed E-state index contributed by atoms with van der Waals surface area (Å²) in [6, 6.07) is 1.57. The first-order valence-corrected chi connectivity index (χ1v) is 10.3. The molecule has 1 aromatic carbocycles. The number of carbonyl (C=O) groups excluding carboxylic acids is 1. The number of rotatable bonds is 5. The maximum Gasteiger partial charge on any atom is 0.195 e. The molecule has 9 nitrogen and oxygen atoms in total. The average Bonchev–Trinajstić information content (AvgIpc) is 3.27. The molecule has 3 N–H and O–H groups in total. The van der Waals surface area contributed by atoms with Gasteiger partial charge in [0.1, 0.15) is 36.2 Å². The van der Waals surface area contributed by atoms with Crippen LogP contribution in [0.2, 0.25) is 0 Å². The lowest BCUT2D eigenvalue weighted by Gasteiger charge is -2.41. The van der Waals surface area contributed by atoms with Gasteiger partial charge in [-0.15, -0.1) is 5.10 Å². The van der Waals surface area contributed by atoms with Gasteiger partial charge in [-0.05, 0) is 34.1 Å². The van der Waals surface area contributed by atoms with Crippen molar-refractivity contribution in [3.63, 3.8) is 0 Å². The van der Waals surface area contributed by atoms with Crippen LogP contribution >= 0.6 is 15.9 Å². The van der Waals surface area contributed by atoms with Crippen LogP contribution in [-0.2, 0) is 4.74 Å². The van der Waals surface area contributed by atoms with Crippen LogP contribution in [0.5, 0.6) is 0 Å². The standard InChI is InChI=1S/C20H16BrF3N4O5/c21-10-1-9(4-25-5-10)17(30)20-19(32)16(18(31)14(7-29)33-20)28-6-13(26-27-28)8-2-11(22)15(24)12(23)3-8/h1-6,14,16,18-20,29,31-32H,7H2/t14?,16?,18-,19-,20+/m0/s1. The summed E-state index contributed by atoms with van der Waals surface area (Å²) in [6.45, 7) is -0.680. The zero-order chi connectivity index (χ0) is 23.9. The molecular formula is C20H16BrF3N4O5. The van der Waals surface area contributed by atoms with Crippen LogP contribution < -0.4 is 0 Å². The van der Waals surface area contributed by atoms with Crippen molar-refractivity contribution in [1.82, 2.24) is 20.0 Å². The van der Waals surface area contributed by atoms with Gasteiger partial charge in [0.15, 0.2) is 23.2 Å². The van der Waals surface area contributed by atoms with E-state index < -0.39 is 60.3 Å². The lowest BCUT2D eigenvalue weighted by molar-refractivity contribution is -0.190. The SMILES string of the molecule is O=C(c1cncc(Br)c1)[C@H]1OC(CO)[C@H](O)C(n2cc(-c3cc(F)c(F)c(F)c3)nn2)[C@@H]1O. The van der Waals surface area contributed by atoms with E-state index in [0.717, 1.165) is 10.9 Å². The Morgan fingerprint density at radius 2 is 1.82 bits per heavy atom. The molecular weight excluding hydrogens is 513 g/mol. The van der Waals surface area contributed by atoms with Crippen molar-refractivity contribution in [1.29, 1.82) is 0 Å². The average molecular weight is 529 g/mol. The summed E-state index contributed by atoms with van der Waals surface area (Å²) >= 11 is 3.20. The van der Waals surface area contributed by atoms with E-state index in [0.29, 0.717) is 16.6 Å². The molecule has 0 spiro atoms. The Morgan fingerprint density at radius 3 is 2.45 bits per heavy atom. The summed E-state index contributed by atoms with van der Waals surface area (Å²) in [5, 5.41) is 38.7. The van der Waals surface area contributed by atoms with Gasteiger partial charge in [-0.1, -0.05) is 5.21 Å². The zero-order valence-electron chi connectivity index (χ0n) is 16.5. The van der Waals surface area contributed by atoms with Crippen LogP contribution in [0.3, 0.4) is 0 Å². The first-order chi connectivity index (χ1) is 15.7. The monoisotopic (exact) mass is 528 g/mol. The van der Waals surface area contributed by atoms with E-state index in [4.69, 9.17) is 4.74 Å². The summed E-state index contributed by atoms with van der Waals surface area (Å²) in [5.41, 5.74) is -0.115. The summed E-state index contributed by atoms with van der Waals surface area (Å²) in [5.74, 6) is -5.16. The number of hydrogen-bond donors (Lipinski definition) is 3. The molecule has 4 rings (SSSR count). The van der Waals surface area contributed by atoms with E-state index in [-0.39, 0.29) is 16.8 Å². The fourth-order valence-electron chi connectivity index (χ4n) is 3.60. The van der Waals surface area contributed by atoms with Crippen molar-refractivity contribution in [2.75, 3.05) is 6.61 Å². The van der Waals surface area contributed by atoms with Crippen LogP contribution in [0.4, 0.5) is 13.2 Å². The third-order valence-corrected chi connectivity index (χ3v) is 5.67. The fraction of sp³-hybridized carbons (Fsp3) is 0.300. The number of hydrogen-bond acceptors (Lipinski definition) is 8. The first kappa shape index (κ1) is 23.4. The van der Waals surface area contributed by atoms with Gasteiger partial charge < -0.3 is 20.1 Å². The molecule has 0 amide bonds. The number of pyridine rings is 1. The molecule has 0 aliphatic carbocycles. The minimum atomic E-state index is -1.65. The van der Waals surface area contributed by atoms with Crippen LogP contribution in [0, 0.1) is 17.5 Å². The third kappa shape index (κ3) is 4.42. The van der Waals surface area contributed by atoms with Gasteiger partial charge in [-0.25, -0.2) is 17.9 Å². The second-order valence-corrected chi connectivity index (χ2v) is 8.26. The van der Waals surface area contributed by atoms with E-state index in [1.165, 1.54) is 18.5 Å². The van der Waals surface area contributed by atoms with Gasteiger partial charge in [-0.2, -0.15) is 0 Å². The van der Waals surface area contributed by atoms with E-state index >= 15 is 0 Å². The Kier molecular flexibility index (Phi) is 6.59. The normalized spacial score (nSPS) is 25.2. The summed E-state index contributed by atoms with van der Waals surface area (Å²) in [7, 11) is 0. The number of nitrogens with zero attached hydrogens (tertiary/aromatic N) is 4. The largest absolute Gasteiger partial charge is 0.394 e. The molecule has 2 unspecified atom stereocenters. The number of aliphatic hydroxyl groups excluding tert-OH is 3. The molecule has 1 aliphatic rings. The van der Waals surface area contributed by atoms with E-state index in [9.17, 15) is 33.3 Å². The number of halogens is 4. The number of benzene rings is 1.